The van der Waals surface area contributed by atoms with E-state index in [4.69, 9.17) is 14.2 Å². The number of rotatable bonds is 58. The lowest BCUT2D eigenvalue weighted by atomic mass is 10.1. The molecule has 0 heterocycles. The van der Waals surface area contributed by atoms with Crippen LogP contribution in [0, 0.1) is 0 Å². The van der Waals surface area contributed by atoms with Crippen LogP contribution in [0.5, 0.6) is 0 Å². The molecule has 440 valence electrons. The van der Waals surface area contributed by atoms with E-state index >= 15 is 0 Å². The second-order valence-corrected chi connectivity index (χ2v) is 21.3. The van der Waals surface area contributed by atoms with Gasteiger partial charge in [0.2, 0.25) is 0 Å². The Balaban J connectivity index is 4.44. The first-order chi connectivity index (χ1) is 38.0. The van der Waals surface area contributed by atoms with Gasteiger partial charge < -0.3 is 14.2 Å². The summed E-state index contributed by atoms with van der Waals surface area (Å²) in [6.45, 7) is 6.50. The van der Waals surface area contributed by atoms with E-state index in [9.17, 15) is 14.4 Å². The molecule has 6 heteroatoms. The summed E-state index contributed by atoms with van der Waals surface area (Å²) in [4.78, 5) is 38.3. The predicted molar refractivity (Wildman–Crippen MR) is 334 cm³/mol. The van der Waals surface area contributed by atoms with Gasteiger partial charge in [0, 0.05) is 19.3 Å². The Kier molecular flexibility index (Phi) is 61.3. The van der Waals surface area contributed by atoms with Crippen LogP contribution in [0.1, 0.15) is 303 Å². The Labute approximate surface area is 476 Å². The smallest absolute Gasteiger partial charge is 0.306 e. The molecule has 1 unspecified atom stereocenters. The highest BCUT2D eigenvalue weighted by molar-refractivity contribution is 5.71. The van der Waals surface area contributed by atoms with Crippen molar-refractivity contribution in [2.45, 2.75) is 309 Å². The summed E-state index contributed by atoms with van der Waals surface area (Å²) in [5, 5.41) is 0. The van der Waals surface area contributed by atoms with E-state index in [0.29, 0.717) is 19.3 Å². The molecule has 0 aliphatic heterocycles. The highest BCUT2D eigenvalue weighted by Gasteiger charge is 2.19. The number of allylic oxidation sites excluding steroid dienone is 18. The van der Waals surface area contributed by atoms with Crippen molar-refractivity contribution in [2.24, 2.45) is 0 Å². The Morgan fingerprint density at radius 3 is 0.818 bits per heavy atom. The van der Waals surface area contributed by atoms with E-state index in [2.05, 4.69) is 130 Å². The molecule has 77 heavy (non-hydrogen) atoms. The van der Waals surface area contributed by atoms with E-state index < -0.39 is 6.10 Å². The number of hydrogen-bond acceptors (Lipinski definition) is 6. The molecule has 0 aromatic heterocycles. The first kappa shape index (κ1) is 73.1. The highest BCUT2D eigenvalue weighted by Crippen LogP contribution is 2.15. The second-order valence-electron chi connectivity index (χ2n) is 21.3. The van der Waals surface area contributed by atoms with E-state index in [1.165, 1.54) is 148 Å². The highest BCUT2D eigenvalue weighted by atomic mass is 16.6. The van der Waals surface area contributed by atoms with Crippen LogP contribution in [0.2, 0.25) is 0 Å². The van der Waals surface area contributed by atoms with Crippen LogP contribution >= 0.6 is 0 Å². The molecule has 0 saturated heterocycles. The van der Waals surface area contributed by atoms with Crippen molar-refractivity contribution in [1.82, 2.24) is 0 Å². The van der Waals surface area contributed by atoms with Gasteiger partial charge in [0.1, 0.15) is 13.2 Å². The van der Waals surface area contributed by atoms with Crippen LogP contribution < -0.4 is 0 Å². The zero-order valence-corrected chi connectivity index (χ0v) is 50.4. The normalized spacial score (nSPS) is 12.8. The van der Waals surface area contributed by atoms with Crippen molar-refractivity contribution in [1.29, 1.82) is 0 Å². The maximum absolute atomic E-state index is 12.9. The van der Waals surface area contributed by atoms with Crippen molar-refractivity contribution >= 4 is 17.9 Å². The number of hydrogen-bond donors (Lipinski definition) is 0. The molecule has 0 saturated carbocycles. The van der Waals surface area contributed by atoms with Crippen molar-refractivity contribution in [2.75, 3.05) is 13.2 Å². The SMILES string of the molecule is CC/C=C\C/C=C\C/C=C\C/C=C\C/C=C\C/C=C\C/C=C\CCCCCC(=O)OCC(COC(=O)CCCCCCC/C=C\CCCCCCCC)OC(=O)CCCCCCCCCCC/C=C\CCCCCCCC. The monoisotopic (exact) mass is 1070 g/mol. The fourth-order valence-corrected chi connectivity index (χ4v) is 8.88. The first-order valence-corrected chi connectivity index (χ1v) is 32.4. The van der Waals surface area contributed by atoms with Crippen molar-refractivity contribution in [3.63, 3.8) is 0 Å². The second kappa shape index (κ2) is 64.6. The third-order valence-electron chi connectivity index (χ3n) is 13.7. The molecule has 6 nitrogen and oxygen atoms in total. The fraction of sp³-hybridized carbons (Fsp3) is 0.704. The van der Waals surface area contributed by atoms with E-state index in [0.717, 1.165) is 116 Å². The lowest BCUT2D eigenvalue weighted by molar-refractivity contribution is -0.167. The maximum Gasteiger partial charge on any atom is 0.306 e. The van der Waals surface area contributed by atoms with Crippen LogP contribution in [0.15, 0.2) is 109 Å². The number of ether oxygens (including phenoxy) is 3. The van der Waals surface area contributed by atoms with Gasteiger partial charge in [0.25, 0.3) is 0 Å². The summed E-state index contributed by atoms with van der Waals surface area (Å²) in [5.74, 6) is -0.930. The topological polar surface area (TPSA) is 78.9 Å². The quantitative estimate of drug-likeness (QED) is 0.0261. The summed E-state index contributed by atoms with van der Waals surface area (Å²) in [5.41, 5.74) is 0. The number of unbranched alkanes of at least 4 members (excludes halogenated alkanes) is 29. The average molecular weight is 1070 g/mol. The lowest BCUT2D eigenvalue weighted by Gasteiger charge is -2.18. The molecule has 0 aliphatic rings. The van der Waals surface area contributed by atoms with Crippen molar-refractivity contribution in [3.8, 4) is 0 Å². The Bertz CT molecular complexity index is 1560. The summed E-state index contributed by atoms with van der Waals surface area (Å²) < 4.78 is 16.9. The molecule has 0 aliphatic carbocycles. The van der Waals surface area contributed by atoms with Gasteiger partial charge in [-0.3, -0.25) is 14.4 Å². The molecule has 0 rings (SSSR count). The van der Waals surface area contributed by atoms with Gasteiger partial charge in [-0.2, -0.15) is 0 Å². The fourth-order valence-electron chi connectivity index (χ4n) is 8.88. The largest absolute Gasteiger partial charge is 0.462 e. The van der Waals surface area contributed by atoms with E-state index in [-0.39, 0.29) is 31.1 Å². The minimum atomic E-state index is -0.799. The van der Waals surface area contributed by atoms with Gasteiger partial charge >= 0.3 is 17.9 Å². The van der Waals surface area contributed by atoms with Crippen LogP contribution in [0.25, 0.3) is 0 Å². The molecule has 0 spiro atoms. The summed E-state index contributed by atoms with van der Waals surface area (Å²) >= 11 is 0. The molecule has 0 N–H and O–H groups in total. The summed E-state index contributed by atoms with van der Waals surface area (Å²) in [6.07, 6.45) is 88.0. The molecular weight excluding hydrogens is 949 g/mol. The molecular formula is C71H120O6. The molecule has 0 aromatic carbocycles. The van der Waals surface area contributed by atoms with Gasteiger partial charge in [0.05, 0.1) is 0 Å². The van der Waals surface area contributed by atoms with Crippen LogP contribution in [-0.4, -0.2) is 37.2 Å². The molecule has 0 fully saturated rings. The number of carbonyl (C=O) groups excluding carboxylic acids is 3. The number of carbonyl (C=O) groups is 3. The lowest BCUT2D eigenvalue weighted by Crippen LogP contribution is -2.30. The van der Waals surface area contributed by atoms with E-state index in [1.54, 1.807) is 0 Å². The third-order valence-corrected chi connectivity index (χ3v) is 13.7. The van der Waals surface area contributed by atoms with Crippen LogP contribution in [0.4, 0.5) is 0 Å². The molecule has 0 radical (unpaired) electrons. The first-order valence-electron chi connectivity index (χ1n) is 32.4. The van der Waals surface area contributed by atoms with Crippen LogP contribution in [0.3, 0.4) is 0 Å². The maximum atomic E-state index is 12.9. The van der Waals surface area contributed by atoms with Gasteiger partial charge in [-0.15, -0.1) is 0 Å². The zero-order valence-electron chi connectivity index (χ0n) is 50.4. The minimum absolute atomic E-state index is 0.0939. The molecule has 1 atom stereocenters. The van der Waals surface area contributed by atoms with Gasteiger partial charge in [-0.25, -0.2) is 0 Å². The summed E-state index contributed by atoms with van der Waals surface area (Å²) in [6, 6.07) is 0. The number of esters is 3. The predicted octanol–water partition coefficient (Wildman–Crippen LogP) is 22.2. The standard InChI is InChI=1S/C71H120O6/c1-4-7-10-13-16-19-22-25-28-30-32-33-34-35-36-37-39-40-43-46-49-52-55-58-61-64-70(73)76-67-68(66-75-69(72)63-60-57-54-51-48-45-42-27-24-21-18-15-12-9-6-3)77-71(74)65-62-59-56-53-50-47-44-41-38-31-29-26-23-20-17-14-11-8-5-2/h7,10,16,19,25-29,32-33,35-36,39-40,42,46,49,68H,4-6,8-9,11-15,17-18,20-24,30-31,34,37-38,41,43-45,47-48,50-67H2,1-3H3/b10-7-,19-16-,28-25-,29-26-,33-32-,36-35-,40-39-,42-27-,49-46-. The third kappa shape index (κ3) is 62.8. The van der Waals surface area contributed by atoms with Gasteiger partial charge in [-0.1, -0.05) is 265 Å². The Morgan fingerprint density at radius 1 is 0.273 bits per heavy atom. The molecule has 0 aromatic rings. The Hall–Kier alpha value is -3.93. The van der Waals surface area contributed by atoms with E-state index in [1.807, 2.05) is 0 Å². The molecule has 0 bridgehead atoms. The summed E-state index contributed by atoms with van der Waals surface area (Å²) in [7, 11) is 0. The average Bonchev–Trinajstić information content (AvgIpc) is 3.43. The van der Waals surface area contributed by atoms with Crippen molar-refractivity contribution < 1.29 is 28.6 Å². The van der Waals surface area contributed by atoms with Crippen molar-refractivity contribution in [3.05, 3.63) is 109 Å². The van der Waals surface area contributed by atoms with Gasteiger partial charge in [0.15, 0.2) is 6.10 Å². The van der Waals surface area contributed by atoms with Crippen LogP contribution in [-0.2, 0) is 28.6 Å². The molecule has 0 amide bonds. The Morgan fingerprint density at radius 2 is 0.506 bits per heavy atom. The minimum Gasteiger partial charge on any atom is -0.462 e. The van der Waals surface area contributed by atoms with Gasteiger partial charge in [-0.05, 0) is 128 Å². The zero-order chi connectivity index (χ0) is 55.7.